The molecule has 3 atom stereocenters. The Morgan fingerprint density at radius 1 is 1.26 bits per heavy atom. The van der Waals surface area contributed by atoms with Gasteiger partial charge in [-0.2, -0.15) is 18.3 Å². The van der Waals surface area contributed by atoms with Crippen LogP contribution in [0.15, 0.2) is 47.6 Å². The first-order chi connectivity index (χ1) is 16.4. The molecule has 0 saturated carbocycles. The van der Waals surface area contributed by atoms with Gasteiger partial charge in [0.2, 0.25) is 5.91 Å². The maximum Gasteiger partial charge on any atom is 0.490 e. The molecule has 1 aromatic heterocycles. The third-order valence-electron chi connectivity index (χ3n) is 5.32. The molecule has 15 heteroatoms. The number of aryl methyl sites for hydroxylation is 1. The fourth-order valence-electron chi connectivity index (χ4n) is 3.46. The summed E-state index contributed by atoms with van der Waals surface area (Å²) in [6, 6.07) is 5.79. The highest BCUT2D eigenvalue weighted by molar-refractivity contribution is 7.90. The molecule has 3 unspecified atom stereocenters. The number of carboxylic acids is 1. The number of hydrogen-bond acceptors (Lipinski definition) is 8. The van der Waals surface area contributed by atoms with Crippen molar-refractivity contribution in [3.63, 3.8) is 0 Å². The molecule has 3 heterocycles. The largest absolute Gasteiger partial charge is 0.490 e. The number of piperidine rings is 1. The van der Waals surface area contributed by atoms with E-state index in [1.807, 2.05) is 6.08 Å². The van der Waals surface area contributed by atoms with Gasteiger partial charge in [-0.25, -0.2) is 22.9 Å². The van der Waals surface area contributed by atoms with Crippen LogP contribution in [0.25, 0.3) is 0 Å². The van der Waals surface area contributed by atoms with Gasteiger partial charge in [-0.05, 0) is 36.6 Å². The van der Waals surface area contributed by atoms with E-state index in [9.17, 15) is 26.4 Å². The van der Waals surface area contributed by atoms with E-state index in [0.29, 0.717) is 18.0 Å². The Balaban J connectivity index is 0.000000429. The molecule has 1 fully saturated rings. The molecule has 2 aromatic rings. The lowest BCUT2D eigenvalue weighted by Crippen LogP contribution is -2.53. The summed E-state index contributed by atoms with van der Waals surface area (Å²) in [6.07, 6.45) is 1.03. The zero-order chi connectivity index (χ0) is 25.8. The van der Waals surface area contributed by atoms with Gasteiger partial charge >= 0.3 is 12.1 Å². The summed E-state index contributed by atoms with van der Waals surface area (Å²) in [5.74, 6) is -2.21. The number of nitrogens with one attached hydrogen (secondary N) is 2. The highest BCUT2D eigenvalue weighted by Gasteiger charge is 2.38. The van der Waals surface area contributed by atoms with Gasteiger partial charge in [0.15, 0.2) is 5.82 Å². The molecule has 3 aliphatic rings. The second-order valence-corrected chi connectivity index (χ2v) is 9.44. The predicted octanol–water partition coefficient (Wildman–Crippen LogP) is 0.996. The van der Waals surface area contributed by atoms with Crippen LogP contribution in [0.5, 0.6) is 5.75 Å². The summed E-state index contributed by atoms with van der Waals surface area (Å²) in [5, 5.41) is 14.3. The van der Waals surface area contributed by atoms with Gasteiger partial charge in [0.1, 0.15) is 18.7 Å². The van der Waals surface area contributed by atoms with Crippen LogP contribution in [0, 0.1) is 11.8 Å². The SMILES string of the molecule is Cn1ncnc1COc1ccc(S(=O)(=O)NC(=O)C2CC3C=CC2NC3)cc1.O=C(O)C(F)(F)F. The van der Waals surface area contributed by atoms with Crippen molar-refractivity contribution in [1.82, 2.24) is 24.8 Å². The second kappa shape index (κ2) is 10.4. The highest BCUT2D eigenvalue weighted by Crippen LogP contribution is 2.29. The molecule has 2 aliphatic heterocycles. The predicted molar refractivity (Wildman–Crippen MR) is 113 cm³/mol. The summed E-state index contributed by atoms with van der Waals surface area (Å²) < 4.78 is 66.2. The molecule has 0 radical (unpaired) electrons. The number of carboxylic acid groups (broad SMARTS) is 1. The molecule has 2 bridgehead atoms. The number of ether oxygens (including phenoxy) is 1. The van der Waals surface area contributed by atoms with Crippen molar-refractivity contribution >= 4 is 21.9 Å². The molecule has 3 N–H and O–H groups in total. The Labute approximate surface area is 198 Å². The molecule has 1 amide bonds. The Hall–Kier alpha value is -3.46. The zero-order valence-electron chi connectivity index (χ0n) is 18.3. The number of benzene rings is 1. The van der Waals surface area contributed by atoms with Gasteiger partial charge in [-0.3, -0.25) is 9.48 Å². The lowest BCUT2D eigenvalue weighted by Gasteiger charge is -2.37. The summed E-state index contributed by atoms with van der Waals surface area (Å²) in [6.45, 7) is 1.04. The number of hydrogen-bond donors (Lipinski definition) is 3. The van der Waals surface area contributed by atoms with Crippen molar-refractivity contribution in [3.05, 3.63) is 48.6 Å². The number of carbonyl (C=O) groups excluding carboxylic acids is 1. The van der Waals surface area contributed by atoms with Crippen molar-refractivity contribution in [2.75, 3.05) is 6.54 Å². The minimum atomic E-state index is -5.08. The van der Waals surface area contributed by atoms with Crippen LogP contribution in [-0.4, -0.2) is 58.9 Å². The smallest absolute Gasteiger partial charge is 0.486 e. The summed E-state index contributed by atoms with van der Waals surface area (Å²) in [5.41, 5.74) is 0. The number of halogens is 3. The van der Waals surface area contributed by atoms with E-state index in [1.54, 1.807) is 23.9 Å². The molecule has 1 aliphatic carbocycles. The van der Waals surface area contributed by atoms with Gasteiger partial charge < -0.3 is 15.2 Å². The number of aromatic nitrogens is 3. The van der Waals surface area contributed by atoms with E-state index in [2.05, 4.69) is 26.2 Å². The quantitative estimate of drug-likeness (QED) is 0.476. The van der Waals surface area contributed by atoms with Gasteiger partial charge in [0.25, 0.3) is 10.0 Å². The maximum atomic E-state index is 12.6. The third-order valence-corrected chi connectivity index (χ3v) is 6.68. The topological polar surface area (TPSA) is 153 Å². The lowest BCUT2D eigenvalue weighted by atomic mass is 9.79. The first kappa shape index (κ1) is 26.2. The van der Waals surface area contributed by atoms with Crippen LogP contribution in [0.4, 0.5) is 13.2 Å². The van der Waals surface area contributed by atoms with Crippen LogP contribution in [0.3, 0.4) is 0 Å². The normalized spacial score (nSPS) is 21.1. The molecule has 1 saturated heterocycles. The fraction of sp³-hybridized carbons (Fsp3) is 0.400. The van der Waals surface area contributed by atoms with E-state index in [-0.39, 0.29) is 29.4 Å². The average molecular weight is 517 g/mol. The first-order valence-corrected chi connectivity index (χ1v) is 11.7. The maximum absolute atomic E-state index is 12.6. The van der Waals surface area contributed by atoms with Crippen LogP contribution in [0.1, 0.15) is 12.2 Å². The van der Waals surface area contributed by atoms with Crippen LogP contribution >= 0.6 is 0 Å². The van der Waals surface area contributed by atoms with E-state index < -0.39 is 28.1 Å². The molecular formula is C20H22F3N5O6S. The lowest BCUT2D eigenvalue weighted by molar-refractivity contribution is -0.192. The number of alkyl halides is 3. The number of rotatable bonds is 6. The number of nitrogens with zero attached hydrogens (tertiary/aromatic N) is 3. The van der Waals surface area contributed by atoms with Crippen LogP contribution in [-0.2, 0) is 33.3 Å². The Bertz CT molecular complexity index is 1200. The van der Waals surface area contributed by atoms with Gasteiger partial charge in [-0.15, -0.1) is 0 Å². The van der Waals surface area contributed by atoms with Crippen LogP contribution in [0.2, 0.25) is 0 Å². The minimum absolute atomic E-state index is 0.0105. The third kappa shape index (κ3) is 6.79. The first-order valence-electron chi connectivity index (χ1n) is 10.2. The highest BCUT2D eigenvalue weighted by atomic mass is 32.2. The number of carbonyl (C=O) groups is 2. The van der Waals surface area contributed by atoms with Crippen LogP contribution < -0.4 is 14.8 Å². The molecule has 0 spiro atoms. The van der Waals surface area contributed by atoms with Crippen molar-refractivity contribution in [3.8, 4) is 5.75 Å². The summed E-state index contributed by atoms with van der Waals surface area (Å²) in [4.78, 5) is 25.5. The minimum Gasteiger partial charge on any atom is -0.486 e. The molecule has 5 rings (SSSR count). The molecule has 1 aromatic carbocycles. The second-order valence-electron chi connectivity index (χ2n) is 7.75. The Morgan fingerprint density at radius 3 is 2.37 bits per heavy atom. The monoisotopic (exact) mass is 517 g/mol. The van der Waals surface area contributed by atoms with Gasteiger partial charge in [0, 0.05) is 19.6 Å². The van der Waals surface area contributed by atoms with Crippen molar-refractivity contribution < 1.29 is 41.0 Å². The van der Waals surface area contributed by atoms with E-state index in [0.717, 1.165) is 6.54 Å². The Kier molecular flexibility index (Phi) is 7.80. The summed E-state index contributed by atoms with van der Waals surface area (Å²) in [7, 11) is -2.18. The zero-order valence-corrected chi connectivity index (χ0v) is 19.1. The number of fused-ring (bicyclic) bond motifs is 2. The molecule has 11 nitrogen and oxygen atoms in total. The van der Waals surface area contributed by atoms with E-state index >= 15 is 0 Å². The average Bonchev–Trinajstić information content (AvgIpc) is 3.23. The molecular weight excluding hydrogens is 495 g/mol. The van der Waals surface area contributed by atoms with Crippen molar-refractivity contribution in [1.29, 1.82) is 0 Å². The number of amides is 1. The standard InChI is InChI=1S/C18H21N5O4S.C2HF3O2/c1-23-17(20-11-21-23)10-27-13-3-5-14(6-4-13)28(25,26)22-18(24)15-8-12-2-7-16(15)19-9-12;3-2(4,5)1(6)7/h2-7,11-12,15-16,19H,8-10H2,1H3,(H,22,24);(H,6,7). The number of aliphatic carboxylic acids is 1. The summed E-state index contributed by atoms with van der Waals surface area (Å²) >= 11 is 0. The van der Waals surface area contributed by atoms with E-state index in [1.165, 1.54) is 18.5 Å². The van der Waals surface area contributed by atoms with E-state index in [4.69, 9.17) is 14.6 Å². The van der Waals surface area contributed by atoms with Gasteiger partial charge in [-0.1, -0.05) is 12.2 Å². The van der Waals surface area contributed by atoms with Crippen molar-refractivity contribution in [2.45, 2.75) is 30.1 Å². The van der Waals surface area contributed by atoms with Gasteiger partial charge in [0.05, 0.1) is 10.8 Å². The van der Waals surface area contributed by atoms with Crippen molar-refractivity contribution in [2.24, 2.45) is 18.9 Å². The molecule has 190 valence electrons. The molecule has 35 heavy (non-hydrogen) atoms. The Morgan fingerprint density at radius 2 is 1.91 bits per heavy atom. The number of sulfonamides is 1. The fourth-order valence-corrected chi connectivity index (χ4v) is 4.49.